The Bertz CT molecular complexity index is 631. The van der Waals surface area contributed by atoms with Crippen LogP contribution < -0.4 is 10.1 Å². The summed E-state index contributed by atoms with van der Waals surface area (Å²) in [6.07, 6.45) is -0.0319. The molecule has 0 amide bonds. The molecular weight excluding hydrogens is 280 g/mol. The number of carbonyl (C=O) groups is 1. The third-order valence-corrected chi connectivity index (χ3v) is 3.03. The summed E-state index contributed by atoms with van der Waals surface area (Å²) in [4.78, 5) is 10.5. The average molecular weight is 295 g/mol. The SMILES string of the molecule is O=C(O)CCNCc1c(OC(F)F)ccc2ccccc12. The van der Waals surface area contributed by atoms with Gasteiger partial charge in [-0.25, -0.2) is 0 Å². The van der Waals surface area contributed by atoms with Gasteiger partial charge in [0, 0.05) is 18.7 Å². The molecule has 2 N–H and O–H groups in total. The smallest absolute Gasteiger partial charge is 0.387 e. The molecule has 0 aliphatic carbocycles. The first-order chi connectivity index (χ1) is 10.1. The van der Waals surface area contributed by atoms with Gasteiger partial charge in [-0.05, 0) is 16.8 Å². The molecule has 0 aliphatic rings. The number of aliphatic carboxylic acids is 1. The molecule has 21 heavy (non-hydrogen) atoms. The number of carboxylic acid groups (broad SMARTS) is 1. The van der Waals surface area contributed by atoms with E-state index in [9.17, 15) is 13.6 Å². The molecule has 4 nitrogen and oxygen atoms in total. The number of halogens is 2. The van der Waals surface area contributed by atoms with Gasteiger partial charge in [-0.15, -0.1) is 0 Å². The fourth-order valence-corrected chi connectivity index (χ4v) is 2.11. The lowest BCUT2D eigenvalue weighted by molar-refractivity contribution is -0.136. The van der Waals surface area contributed by atoms with Crippen molar-refractivity contribution in [3.05, 3.63) is 42.0 Å². The van der Waals surface area contributed by atoms with Crippen LogP contribution in [0.4, 0.5) is 8.78 Å². The molecule has 0 atom stereocenters. The predicted molar refractivity (Wildman–Crippen MR) is 74.5 cm³/mol. The van der Waals surface area contributed by atoms with Gasteiger partial charge in [-0.2, -0.15) is 8.78 Å². The number of alkyl halides is 2. The zero-order chi connectivity index (χ0) is 15.2. The summed E-state index contributed by atoms with van der Waals surface area (Å²) in [7, 11) is 0. The van der Waals surface area contributed by atoms with Gasteiger partial charge in [-0.1, -0.05) is 30.3 Å². The summed E-state index contributed by atoms with van der Waals surface area (Å²) < 4.78 is 29.5. The van der Waals surface area contributed by atoms with Gasteiger partial charge in [0.25, 0.3) is 0 Å². The second-order valence-electron chi connectivity index (χ2n) is 4.46. The molecule has 6 heteroatoms. The van der Waals surface area contributed by atoms with Crippen molar-refractivity contribution < 1.29 is 23.4 Å². The highest BCUT2D eigenvalue weighted by Gasteiger charge is 2.12. The topological polar surface area (TPSA) is 58.6 Å². The number of fused-ring (bicyclic) bond motifs is 1. The fraction of sp³-hybridized carbons (Fsp3) is 0.267. The Labute approximate surface area is 120 Å². The van der Waals surface area contributed by atoms with Crippen molar-refractivity contribution in [1.82, 2.24) is 5.32 Å². The Hall–Kier alpha value is -2.21. The second kappa shape index (κ2) is 6.99. The van der Waals surface area contributed by atoms with Crippen molar-refractivity contribution in [3.63, 3.8) is 0 Å². The normalized spacial score (nSPS) is 11.0. The van der Waals surface area contributed by atoms with Crippen molar-refractivity contribution in [1.29, 1.82) is 0 Å². The van der Waals surface area contributed by atoms with Gasteiger partial charge in [0.1, 0.15) is 5.75 Å². The molecule has 0 spiro atoms. The van der Waals surface area contributed by atoms with Crippen molar-refractivity contribution in [2.24, 2.45) is 0 Å². The van der Waals surface area contributed by atoms with Crippen molar-refractivity contribution in [3.8, 4) is 5.75 Å². The minimum Gasteiger partial charge on any atom is -0.481 e. The highest BCUT2D eigenvalue weighted by atomic mass is 19.3. The minimum atomic E-state index is -2.90. The molecule has 0 radical (unpaired) electrons. The first-order valence-corrected chi connectivity index (χ1v) is 6.46. The van der Waals surface area contributed by atoms with Crippen LogP contribution in [0.25, 0.3) is 10.8 Å². The predicted octanol–water partition coefficient (Wildman–Crippen LogP) is 3.01. The first-order valence-electron chi connectivity index (χ1n) is 6.46. The van der Waals surface area contributed by atoms with Crippen molar-refractivity contribution in [2.75, 3.05) is 6.54 Å². The molecule has 0 aromatic heterocycles. The van der Waals surface area contributed by atoms with Crippen molar-refractivity contribution >= 4 is 16.7 Å². The number of ether oxygens (including phenoxy) is 1. The van der Waals surface area contributed by atoms with Gasteiger partial charge in [0.15, 0.2) is 0 Å². The molecule has 0 unspecified atom stereocenters. The number of hydrogen-bond acceptors (Lipinski definition) is 3. The number of nitrogens with one attached hydrogen (secondary N) is 1. The van der Waals surface area contributed by atoms with Crippen LogP contribution in [0.2, 0.25) is 0 Å². The second-order valence-corrected chi connectivity index (χ2v) is 4.46. The maximum Gasteiger partial charge on any atom is 0.387 e. The van der Waals surface area contributed by atoms with E-state index in [1.54, 1.807) is 6.07 Å². The Kier molecular flexibility index (Phi) is 5.05. The summed E-state index contributed by atoms with van der Waals surface area (Å²) in [5.41, 5.74) is 0.596. The zero-order valence-corrected chi connectivity index (χ0v) is 11.2. The Morgan fingerprint density at radius 3 is 2.71 bits per heavy atom. The summed E-state index contributed by atoms with van der Waals surface area (Å²) in [5, 5.41) is 13.2. The quantitative estimate of drug-likeness (QED) is 0.771. The number of rotatable bonds is 7. The standard InChI is InChI=1S/C15H15F2NO3/c16-15(17)21-13-6-5-10-3-1-2-4-11(10)12(13)9-18-8-7-14(19)20/h1-6,15,18H,7-9H2,(H,19,20). The van der Waals surface area contributed by atoms with Crippen LogP contribution in [0.3, 0.4) is 0 Å². The number of carboxylic acids is 1. The molecule has 0 aliphatic heterocycles. The molecule has 0 saturated heterocycles. The molecule has 2 rings (SSSR count). The van der Waals surface area contributed by atoms with Crippen LogP contribution in [-0.2, 0) is 11.3 Å². The minimum absolute atomic E-state index is 0.0319. The van der Waals surface area contributed by atoms with E-state index in [2.05, 4.69) is 10.1 Å². The van der Waals surface area contributed by atoms with Crippen LogP contribution in [0.1, 0.15) is 12.0 Å². The fourth-order valence-electron chi connectivity index (χ4n) is 2.11. The van der Waals surface area contributed by atoms with E-state index in [0.717, 1.165) is 10.8 Å². The van der Waals surface area contributed by atoms with E-state index in [-0.39, 0.29) is 25.3 Å². The largest absolute Gasteiger partial charge is 0.481 e. The molecule has 2 aromatic rings. The van der Waals surface area contributed by atoms with Gasteiger partial charge >= 0.3 is 12.6 Å². The number of hydrogen-bond donors (Lipinski definition) is 2. The Balaban J connectivity index is 2.25. The molecule has 2 aromatic carbocycles. The molecule has 0 heterocycles. The molecular formula is C15H15F2NO3. The number of benzene rings is 2. The monoisotopic (exact) mass is 295 g/mol. The summed E-state index contributed by atoms with van der Waals surface area (Å²) >= 11 is 0. The average Bonchev–Trinajstić information content (AvgIpc) is 2.44. The molecule has 0 bridgehead atoms. The zero-order valence-electron chi connectivity index (χ0n) is 11.2. The van der Waals surface area contributed by atoms with Crippen molar-refractivity contribution in [2.45, 2.75) is 19.6 Å². The Morgan fingerprint density at radius 2 is 2.00 bits per heavy atom. The lowest BCUT2D eigenvalue weighted by Gasteiger charge is -2.14. The highest BCUT2D eigenvalue weighted by molar-refractivity contribution is 5.87. The lowest BCUT2D eigenvalue weighted by atomic mass is 10.0. The lowest BCUT2D eigenvalue weighted by Crippen LogP contribution is -2.18. The van der Waals surface area contributed by atoms with E-state index in [1.165, 1.54) is 6.07 Å². The third kappa shape index (κ3) is 4.13. The van der Waals surface area contributed by atoms with Crippen LogP contribution >= 0.6 is 0 Å². The Morgan fingerprint density at radius 1 is 1.24 bits per heavy atom. The van der Waals surface area contributed by atoms with Gasteiger partial charge < -0.3 is 15.2 Å². The summed E-state index contributed by atoms with van der Waals surface area (Å²) in [6.45, 7) is -2.38. The first kappa shape index (κ1) is 15.2. The van der Waals surface area contributed by atoms with Crippen LogP contribution in [0, 0.1) is 0 Å². The van der Waals surface area contributed by atoms with Crippen LogP contribution in [-0.4, -0.2) is 24.2 Å². The summed E-state index contributed by atoms with van der Waals surface area (Å²) in [6, 6.07) is 10.6. The molecule has 0 fully saturated rings. The van der Waals surface area contributed by atoms with Gasteiger partial charge in [0.05, 0.1) is 6.42 Å². The van der Waals surface area contributed by atoms with Gasteiger partial charge in [-0.3, -0.25) is 4.79 Å². The third-order valence-electron chi connectivity index (χ3n) is 3.03. The van der Waals surface area contributed by atoms with E-state index < -0.39 is 12.6 Å². The van der Waals surface area contributed by atoms with E-state index in [1.807, 2.05) is 24.3 Å². The maximum atomic E-state index is 12.5. The maximum absolute atomic E-state index is 12.5. The summed E-state index contributed by atoms with van der Waals surface area (Å²) in [5.74, 6) is -0.809. The molecule has 0 saturated carbocycles. The van der Waals surface area contributed by atoms with Crippen LogP contribution in [0.15, 0.2) is 36.4 Å². The van der Waals surface area contributed by atoms with Crippen LogP contribution in [0.5, 0.6) is 5.75 Å². The van der Waals surface area contributed by atoms with E-state index in [0.29, 0.717) is 5.56 Å². The highest BCUT2D eigenvalue weighted by Crippen LogP contribution is 2.29. The van der Waals surface area contributed by atoms with E-state index >= 15 is 0 Å². The van der Waals surface area contributed by atoms with Gasteiger partial charge in [0.2, 0.25) is 0 Å². The van der Waals surface area contributed by atoms with E-state index in [4.69, 9.17) is 5.11 Å². The molecule has 112 valence electrons.